The quantitative estimate of drug-likeness (QED) is 0.0607. The van der Waals surface area contributed by atoms with Crippen LogP contribution in [0.1, 0.15) is 109 Å². The summed E-state index contributed by atoms with van der Waals surface area (Å²) in [5, 5.41) is 34.8. The molecule has 4 aliphatic heterocycles. The van der Waals surface area contributed by atoms with Crippen molar-refractivity contribution >= 4 is 121 Å². The number of aromatic nitrogens is 6. The molecule has 0 aliphatic carbocycles. The molecule has 8 aromatic rings. The number of hydrogen-bond donors (Lipinski definition) is 9. The third kappa shape index (κ3) is 15.4. The molecular weight excluding hydrogens is 1380 g/mol. The summed E-state index contributed by atoms with van der Waals surface area (Å²) in [5.74, 6) is -6.72. The molecule has 1 unspecified atom stereocenters. The van der Waals surface area contributed by atoms with Crippen LogP contribution < -0.4 is 43.4 Å². The van der Waals surface area contributed by atoms with Crippen molar-refractivity contribution in [1.82, 2.24) is 71.6 Å². The summed E-state index contributed by atoms with van der Waals surface area (Å²) in [4.78, 5) is 173. The number of phenolic OH excluding ortho intramolecular Hbond substituents is 1. The predicted octanol–water partition coefficient (Wildman–Crippen LogP) is 5.04. The van der Waals surface area contributed by atoms with E-state index < -0.39 is 108 Å². The molecule has 514 valence electrons. The number of likely N-dealkylation sites (tertiary alicyclic amines) is 1. The van der Waals surface area contributed by atoms with Gasteiger partial charge in [0.2, 0.25) is 35.4 Å². The molecule has 10 amide bonds. The minimum Gasteiger partial charge on any atom is -0.508 e. The van der Waals surface area contributed by atoms with Crippen molar-refractivity contribution in [2.45, 2.75) is 101 Å². The Hall–Kier alpha value is -10.7. The first kappa shape index (κ1) is 69.2. The minimum absolute atomic E-state index is 0.0317. The van der Waals surface area contributed by atoms with Gasteiger partial charge in [-0.15, -0.1) is 57.1 Å². The van der Waals surface area contributed by atoms with Gasteiger partial charge in [-0.3, -0.25) is 52.9 Å². The van der Waals surface area contributed by atoms with Gasteiger partial charge in [0.1, 0.15) is 84.2 Å². The smallest absolute Gasteiger partial charge is 0.275 e. The maximum Gasteiger partial charge on any atom is 0.275 e. The number of hydrogen-bond acceptors (Lipinski definition) is 24. The molecule has 4 aliphatic rings. The Morgan fingerprint density at radius 2 is 1.39 bits per heavy atom. The maximum atomic E-state index is 15.1. The van der Waals surface area contributed by atoms with Gasteiger partial charge in [-0.25, -0.2) is 29.9 Å². The number of aliphatic imine (C=N–C) groups is 1. The van der Waals surface area contributed by atoms with E-state index >= 15 is 4.79 Å². The number of aromatic hydroxyl groups is 1. The Labute approximate surface area is 589 Å². The van der Waals surface area contributed by atoms with E-state index in [0.29, 0.717) is 57.8 Å². The van der Waals surface area contributed by atoms with Crippen molar-refractivity contribution in [2.24, 2.45) is 16.5 Å². The summed E-state index contributed by atoms with van der Waals surface area (Å²) >= 11 is 5.94. The molecule has 0 spiro atoms. The lowest BCUT2D eigenvalue weighted by Gasteiger charge is -2.29. The Morgan fingerprint density at radius 3 is 2.16 bits per heavy atom. The van der Waals surface area contributed by atoms with E-state index in [1.165, 1.54) is 76.1 Å². The number of thiazole rings is 4. The van der Waals surface area contributed by atoms with Crippen LogP contribution in [0.15, 0.2) is 122 Å². The zero-order valence-corrected chi connectivity index (χ0v) is 57.4. The number of amides is 10. The number of thioether (sulfide) groups is 1. The molecule has 100 heavy (non-hydrogen) atoms. The molecule has 2 aromatic carbocycles. The second-order valence-electron chi connectivity index (χ2n) is 23.7. The summed E-state index contributed by atoms with van der Waals surface area (Å²) in [6.45, 7) is 10.6. The first-order valence-corrected chi connectivity index (χ1v) is 35.8. The number of primary amides is 2. The molecule has 6 aromatic heterocycles. The zero-order valence-electron chi connectivity index (χ0n) is 53.3. The van der Waals surface area contributed by atoms with E-state index in [4.69, 9.17) is 35.8 Å². The third-order valence-corrected chi connectivity index (χ3v) is 21.5. The number of rotatable bonds is 15. The van der Waals surface area contributed by atoms with Gasteiger partial charge >= 0.3 is 0 Å². The van der Waals surface area contributed by atoms with Gasteiger partial charge in [0.05, 0.1) is 52.2 Å². The molecule has 29 nitrogen and oxygen atoms in total. The van der Waals surface area contributed by atoms with E-state index in [0.717, 1.165) is 28.2 Å². The van der Waals surface area contributed by atoms with Crippen molar-refractivity contribution < 1.29 is 57.5 Å². The lowest BCUT2D eigenvalue weighted by atomic mass is 10.0. The van der Waals surface area contributed by atoms with Crippen LogP contribution in [0.3, 0.4) is 0 Å². The van der Waals surface area contributed by atoms with Gasteiger partial charge in [-0.1, -0.05) is 55.6 Å². The lowest BCUT2D eigenvalue weighted by Crippen LogP contribution is -2.53. The maximum absolute atomic E-state index is 15.1. The average Bonchev–Trinajstić information content (AvgIpc) is 1.62. The molecule has 0 saturated carbocycles. The molecule has 2 saturated heterocycles. The number of nitrogens with one attached hydrogen (secondary N) is 6. The highest BCUT2D eigenvalue weighted by Gasteiger charge is 2.41. The number of aryl methyl sites for hydroxylation is 1. The van der Waals surface area contributed by atoms with Crippen LogP contribution in [0.2, 0.25) is 0 Å². The second-order valence-corrected chi connectivity index (χ2v) is 28.2. The summed E-state index contributed by atoms with van der Waals surface area (Å²) in [6.07, 6.45) is 1.91. The highest BCUT2D eigenvalue weighted by atomic mass is 32.2. The molecular formula is C66H63N17O12S5. The van der Waals surface area contributed by atoms with Crippen LogP contribution in [0.5, 0.6) is 5.75 Å². The Kier molecular flexibility index (Phi) is 20.6. The van der Waals surface area contributed by atoms with E-state index in [2.05, 4.69) is 60.0 Å². The van der Waals surface area contributed by atoms with Crippen LogP contribution in [-0.4, -0.2) is 158 Å². The van der Waals surface area contributed by atoms with Crippen molar-refractivity contribution in [3.8, 4) is 50.0 Å². The topological polar surface area (TPSA) is 424 Å². The number of oxazole rings is 1. The molecule has 2 fully saturated rings. The Balaban J connectivity index is 0.852. The van der Waals surface area contributed by atoms with Crippen LogP contribution in [0, 0.1) is 6.92 Å². The first-order valence-electron chi connectivity index (χ1n) is 31.3. The van der Waals surface area contributed by atoms with E-state index in [1.807, 2.05) is 35.7 Å². The van der Waals surface area contributed by atoms with Crippen LogP contribution in [0.25, 0.3) is 44.2 Å². The highest BCUT2D eigenvalue weighted by molar-refractivity contribution is 8.14. The van der Waals surface area contributed by atoms with E-state index in [1.54, 1.807) is 34.5 Å². The molecule has 34 heteroatoms. The molecule has 7 atom stereocenters. The van der Waals surface area contributed by atoms with Crippen LogP contribution >= 0.6 is 57.1 Å². The molecule has 10 bridgehead atoms. The fourth-order valence-electron chi connectivity index (χ4n) is 11.7. The summed E-state index contributed by atoms with van der Waals surface area (Å²) < 4.78 is 6.25. The van der Waals surface area contributed by atoms with Gasteiger partial charge in [-0.05, 0) is 81.3 Å². The van der Waals surface area contributed by atoms with Crippen LogP contribution in [0.4, 0.5) is 0 Å². The number of nitrogens with zero attached hydrogens (tertiary/aromatic N) is 9. The van der Waals surface area contributed by atoms with Gasteiger partial charge in [0.15, 0.2) is 5.69 Å². The average molecular weight is 1450 g/mol. The first-order chi connectivity index (χ1) is 48.0. The third-order valence-electron chi connectivity index (χ3n) is 16.7. The fourth-order valence-corrected chi connectivity index (χ4v) is 16.2. The van der Waals surface area contributed by atoms with Crippen molar-refractivity contribution in [1.29, 1.82) is 0 Å². The predicted molar refractivity (Wildman–Crippen MR) is 372 cm³/mol. The second kappa shape index (κ2) is 29.8. The number of fused-ring (bicyclic) bond motifs is 15. The largest absolute Gasteiger partial charge is 0.508 e. The highest BCUT2D eigenvalue weighted by Crippen LogP contribution is 2.40. The molecule has 10 heterocycles. The van der Waals surface area contributed by atoms with Gasteiger partial charge in [-0.2, -0.15) is 0 Å². The molecule has 0 radical (unpaired) electrons. The van der Waals surface area contributed by atoms with Gasteiger partial charge in [0, 0.05) is 46.8 Å². The summed E-state index contributed by atoms with van der Waals surface area (Å²) in [7, 11) is 0. The number of phenols is 1. The number of carbonyl (C=O) groups excluding carboxylic acids is 10. The van der Waals surface area contributed by atoms with Crippen molar-refractivity contribution in [3.63, 3.8) is 0 Å². The van der Waals surface area contributed by atoms with E-state index in [9.17, 15) is 48.3 Å². The number of carbonyl (C=O) groups is 10. The van der Waals surface area contributed by atoms with Gasteiger partial charge in [0.25, 0.3) is 29.5 Å². The number of pyridine rings is 1. The van der Waals surface area contributed by atoms with Crippen LogP contribution in [-0.2, 0) is 46.4 Å². The normalized spacial score (nSPS) is 19.6. The summed E-state index contributed by atoms with van der Waals surface area (Å²) in [5.41, 5.74) is 12.9. The number of nitrogens with two attached hydrogens (primary N) is 2. The van der Waals surface area contributed by atoms with E-state index in [-0.39, 0.29) is 105 Å². The zero-order chi connectivity index (χ0) is 70.6. The lowest BCUT2D eigenvalue weighted by molar-refractivity contribution is -0.140. The number of benzene rings is 2. The SMILES string of the molecule is C=C(NC(=O)[C@H]1CCCN1C(=O)[C@H](C)NC(=O)C(=C)NC(=O)c1csc(-c2ccc3c(n2)-c2csc(n2)-c2csc(n2)[C@@H]2CCCN2C(=O)[C@H](Cc2ccc(O)cc2)NC(=O)C2CSC(=N2)[C@H](Cc2ccccc2)NC(=O)c2csc(n2)[C@H](CC(N)=O)NC(=O)c2nc-3oc2C)n1)C(N)=O. The Morgan fingerprint density at radius 1 is 0.700 bits per heavy atom. The monoisotopic (exact) mass is 1450 g/mol. The van der Waals surface area contributed by atoms with Crippen molar-refractivity contribution in [2.75, 3.05) is 18.8 Å². The molecule has 11 N–H and O–H groups in total. The minimum atomic E-state index is -1.18. The Bertz CT molecular complexity index is 4640. The summed E-state index contributed by atoms with van der Waals surface area (Å²) in [6, 6.07) is 12.5. The van der Waals surface area contributed by atoms with Gasteiger partial charge < -0.3 is 62.7 Å². The standard InChI is InChI=1S/C66H63N17O12S5/c1-30(52(68)86)69-57(91)47-12-8-20-82(47)65(93)32(3)71-53(87)31(2)70-54(88)43-26-97-60(77-43)38-19-18-37-51(72-38)42-25-96-63(76-42)46-29-100-64(80-46)48-13-9-21-83(48)66(94)41(23-35-14-16-36(84)17-15-35)75-56(90)45-28-98-61(78-45)39(22-34-10-6-5-7-11-34)73-55(89)44-27-99-62(79-44)40(24-49(67)85)74-58(92)50-33(4)95-59(37)81-50/h5-7,10-11,14-19,25-27,29,32,39-41,45,47-48,84H,1-2,8-9,12-13,20-24,28H2,3-4H3,(H2,67,85)(H2,68,86)(H,69,91)(H,70,88)(H,71,87)(H,73,89)(H,74,92)(H,75,90)/t32-,39-,40-,41-,45?,47+,48-/m0/s1. The molecule has 12 rings (SSSR count). The van der Waals surface area contributed by atoms with Crippen molar-refractivity contribution in [3.05, 3.63) is 157 Å². The fraction of sp³-hybridized carbons (Fsp3) is 0.288.